The topological polar surface area (TPSA) is 48.9 Å². The molecule has 0 aliphatic carbocycles. The number of nitrogens with zero attached hydrogens (tertiary/aromatic N) is 1. The predicted molar refractivity (Wildman–Crippen MR) is 76.1 cm³/mol. The van der Waals surface area contributed by atoms with Crippen LogP contribution in [0.3, 0.4) is 0 Å². The Labute approximate surface area is 111 Å². The lowest BCUT2D eigenvalue weighted by Gasteiger charge is -2.17. The summed E-state index contributed by atoms with van der Waals surface area (Å²) < 4.78 is 0. The smallest absolute Gasteiger partial charge is 0.117 e. The summed E-state index contributed by atoms with van der Waals surface area (Å²) in [5, 5.41) is 10.1. The number of H-pyrrole nitrogens is 1. The maximum atomic E-state index is 10.1. The third-order valence-corrected chi connectivity index (χ3v) is 3.34. The first-order valence-corrected chi connectivity index (χ1v) is 6.43. The minimum absolute atomic E-state index is 0.131. The molecule has 1 heterocycles. The molecule has 0 bridgehead atoms. The standard InChI is InChI=1S/C16H16N2O/c1-11(19)15(12-7-3-2-4-8-12)16-17-13-9-5-6-10-14(13)18-16/h2-11,15,19H,1H3,(H,17,18). The number of para-hydroxylation sites is 2. The molecule has 2 aromatic carbocycles. The Hall–Kier alpha value is -2.13. The molecule has 0 fully saturated rings. The molecule has 2 unspecified atom stereocenters. The molecule has 3 aromatic rings. The SMILES string of the molecule is CC(O)C(c1ccccc1)c1nc2ccccc2[nH]1. The van der Waals surface area contributed by atoms with Crippen molar-refractivity contribution in [3.05, 3.63) is 66.0 Å². The summed E-state index contributed by atoms with van der Waals surface area (Å²) in [7, 11) is 0. The van der Waals surface area contributed by atoms with Crippen LogP contribution in [0, 0.1) is 0 Å². The molecule has 0 saturated heterocycles. The molecular formula is C16H16N2O. The van der Waals surface area contributed by atoms with E-state index in [4.69, 9.17) is 0 Å². The van der Waals surface area contributed by atoms with E-state index >= 15 is 0 Å². The molecule has 3 rings (SSSR count). The van der Waals surface area contributed by atoms with Gasteiger partial charge in [0.05, 0.1) is 23.1 Å². The molecule has 2 N–H and O–H groups in total. The van der Waals surface area contributed by atoms with Gasteiger partial charge in [-0.3, -0.25) is 0 Å². The molecule has 0 saturated carbocycles. The Balaban J connectivity index is 2.10. The van der Waals surface area contributed by atoms with Crippen molar-refractivity contribution >= 4 is 11.0 Å². The zero-order valence-corrected chi connectivity index (χ0v) is 10.7. The summed E-state index contributed by atoms with van der Waals surface area (Å²) in [6.45, 7) is 1.80. The van der Waals surface area contributed by atoms with E-state index in [1.165, 1.54) is 0 Å². The summed E-state index contributed by atoms with van der Waals surface area (Å²) in [5.74, 6) is 0.677. The summed E-state index contributed by atoms with van der Waals surface area (Å²) in [6.07, 6.45) is -0.497. The first-order chi connectivity index (χ1) is 9.25. The Bertz CT molecular complexity index is 640. The normalized spacial score (nSPS) is 14.4. The van der Waals surface area contributed by atoms with Gasteiger partial charge in [-0.2, -0.15) is 0 Å². The molecule has 0 aliphatic heterocycles. The number of benzene rings is 2. The predicted octanol–water partition coefficient (Wildman–Crippen LogP) is 3.08. The molecule has 3 nitrogen and oxygen atoms in total. The zero-order valence-electron chi connectivity index (χ0n) is 10.7. The molecule has 0 radical (unpaired) electrons. The van der Waals surface area contributed by atoms with Gasteiger partial charge in [-0.05, 0) is 24.6 Å². The van der Waals surface area contributed by atoms with Gasteiger partial charge in [0, 0.05) is 0 Å². The maximum absolute atomic E-state index is 10.1. The average molecular weight is 252 g/mol. The Morgan fingerprint density at radius 3 is 2.37 bits per heavy atom. The Morgan fingerprint density at radius 1 is 1.00 bits per heavy atom. The fourth-order valence-corrected chi connectivity index (χ4v) is 2.45. The number of aromatic amines is 1. The van der Waals surface area contributed by atoms with Gasteiger partial charge >= 0.3 is 0 Å². The first-order valence-electron chi connectivity index (χ1n) is 6.43. The van der Waals surface area contributed by atoms with Crippen molar-refractivity contribution in [2.75, 3.05) is 0 Å². The van der Waals surface area contributed by atoms with Gasteiger partial charge in [0.25, 0.3) is 0 Å². The average Bonchev–Trinajstić information content (AvgIpc) is 2.82. The van der Waals surface area contributed by atoms with Crippen LogP contribution >= 0.6 is 0 Å². The van der Waals surface area contributed by atoms with E-state index < -0.39 is 6.10 Å². The molecule has 96 valence electrons. The van der Waals surface area contributed by atoms with E-state index in [0.29, 0.717) is 0 Å². The summed E-state index contributed by atoms with van der Waals surface area (Å²) >= 11 is 0. The second-order valence-corrected chi connectivity index (χ2v) is 4.77. The fourth-order valence-electron chi connectivity index (χ4n) is 2.45. The molecule has 0 aliphatic rings. The van der Waals surface area contributed by atoms with E-state index in [9.17, 15) is 5.11 Å². The molecule has 0 amide bonds. The van der Waals surface area contributed by atoms with Crippen LogP contribution < -0.4 is 0 Å². The lowest BCUT2D eigenvalue weighted by atomic mass is 9.93. The molecule has 3 heteroatoms. The summed E-state index contributed by atoms with van der Waals surface area (Å²) in [6, 6.07) is 17.9. The van der Waals surface area contributed by atoms with Crippen molar-refractivity contribution in [1.82, 2.24) is 9.97 Å². The quantitative estimate of drug-likeness (QED) is 0.752. The van der Waals surface area contributed by atoms with Gasteiger partial charge in [-0.15, -0.1) is 0 Å². The van der Waals surface area contributed by atoms with Crippen LogP contribution in [0.15, 0.2) is 54.6 Å². The Morgan fingerprint density at radius 2 is 1.68 bits per heavy atom. The van der Waals surface area contributed by atoms with E-state index in [-0.39, 0.29) is 5.92 Å². The Kier molecular flexibility index (Phi) is 3.05. The number of hydrogen-bond donors (Lipinski definition) is 2. The third-order valence-electron chi connectivity index (χ3n) is 3.34. The molecule has 0 spiro atoms. The van der Waals surface area contributed by atoms with Crippen molar-refractivity contribution in [2.45, 2.75) is 18.9 Å². The van der Waals surface area contributed by atoms with Gasteiger partial charge in [-0.1, -0.05) is 42.5 Å². The largest absolute Gasteiger partial charge is 0.392 e. The monoisotopic (exact) mass is 252 g/mol. The van der Waals surface area contributed by atoms with Crippen LogP contribution in [0.5, 0.6) is 0 Å². The molecule has 1 aromatic heterocycles. The minimum Gasteiger partial charge on any atom is -0.392 e. The van der Waals surface area contributed by atoms with Crippen LogP contribution in [0.2, 0.25) is 0 Å². The van der Waals surface area contributed by atoms with Gasteiger partial charge in [0.1, 0.15) is 5.82 Å². The number of hydrogen-bond acceptors (Lipinski definition) is 2. The second kappa shape index (κ2) is 4.86. The van der Waals surface area contributed by atoms with Gasteiger partial charge in [-0.25, -0.2) is 4.98 Å². The van der Waals surface area contributed by atoms with Crippen molar-refractivity contribution in [1.29, 1.82) is 0 Å². The molecule has 19 heavy (non-hydrogen) atoms. The van der Waals surface area contributed by atoms with Gasteiger partial charge in [0.2, 0.25) is 0 Å². The van der Waals surface area contributed by atoms with Gasteiger partial charge in [0.15, 0.2) is 0 Å². The zero-order chi connectivity index (χ0) is 13.2. The molecule has 2 atom stereocenters. The highest BCUT2D eigenvalue weighted by Crippen LogP contribution is 2.27. The lowest BCUT2D eigenvalue weighted by Crippen LogP contribution is -2.17. The number of aromatic nitrogens is 2. The maximum Gasteiger partial charge on any atom is 0.117 e. The van der Waals surface area contributed by atoms with Crippen molar-refractivity contribution < 1.29 is 5.11 Å². The van der Waals surface area contributed by atoms with Crippen LogP contribution in [0.4, 0.5) is 0 Å². The second-order valence-electron chi connectivity index (χ2n) is 4.77. The third kappa shape index (κ3) is 2.25. The number of aliphatic hydroxyl groups excluding tert-OH is 1. The first kappa shape index (κ1) is 11.9. The van der Waals surface area contributed by atoms with Crippen LogP contribution in [0.1, 0.15) is 24.2 Å². The van der Waals surface area contributed by atoms with E-state index in [2.05, 4.69) is 9.97 Å². The summed E-state index contributed by atoms with van der Waals surface area (Å²) in [4.78, 5) is 7.90. The van der Waals surface area contributed by atoms with Gasteiger partial charge < -0.3 is 10.1 Å². The van der Waals surface area contributed by atoms with Crippen molar-refractivity contribution in [2.24, 2.45) is 0 Å². The highest BCUT2D eigenvalue weighted by molar-refractivity contribution is 5.75. The lowest BCUT2D eigenvalue weighted by molar-refractivity contribution is 0.173. The van der Waals surface area contributed by atoms with E-state index in [1.54, 1.807) is 6.92 Å². The number of nitrogens with one attached hydrogen (secondary N) is 1. The summed E-state index contributed by atoms with van der Waals surface area (Å²) in [5.41, 5.74) is 3.00. The molecular weight excluding hydrogens is 236 g/mol. The minimum atomic E-state index is -0.497. The van der Waals surface area contributed by atoms with Crippen molar-refractivity contribution in [3.63, 3.8) is 0 Å². The van der Waals surface area contributed by atoms with Crippen LogP contribution in [-0.4, -0.2) is 21.2 Å². The number of aliphatic hydroxyl groups is 1. The number of imidazole rings is 1. The number of fused-ring (bicyclic) bond motifs is 1. The van der Waals surface area contributed by atoms with E-state index in [1.807, 2.05) is 54.6 Å². The number of rotatable bonds is 3. The fraction of sp³-hybridized carbons (Fsp3) is 0.188. The van der Waals surface area contributed by atoms with E-state index in [0.717, 1.165) is 22.4 Å². The van der Waals surface area contributed by atoms with Crippen LogP contribution in [0.25, 0.3) is 11.0 Å². The van der Waals surface area contributed by atoms with Crippen LogP contribution in [-0.2, 0) is 0 Å². The van der Waals surface area contributed by atoms with Crippen molar-refractivity contribution in [3.8, 4) is 0 Å². The highest BCUT2D eigenvalue weighted by Gasteiger charge is 2.22. The highest BCUT2D eigenvalue weighted by atomic mass is 16.3.